The highest BCUT2D eigenvalue weighted by atomic mass is 19.1. The summed E-state index contributed by atoms with van der Waals surface area (Å²) in [5.41, 5.74) is -0.546. The van der Waals surface area contributed by atoms with Gasteiger partial charge in [0.15, 0.2) is 0 Å². The number of hydrogen-bond acceptors (Lipinski definition) is 3. The molecule has 0 bridgehead atoms. The normalized spacial score (nSPS) is 12.2. The fourth-order valence-electron chi connectivity index (χ4n) is 1.61. The second kappa shape index (κ2) is 6.95. The van der Waals surface area contributed by atoms with E-state index in [0.29, 0.717) is 0 Å². The van der Waals surface area contributed by atoms with Crippen molar-refractivity contribution in [1.82, 2.24) is 5.32 Å². The van der Waals surface area contributed by atoms with Crippen LogP contribution in [-0.4, -0.2) is 29.6 Å². The summed E-state index contributed by atoms with van der Waals surface area (Å²) >= 11 is 0. The van der Waals surface area contributed by atoms with Crippen LogP contribution in [0.2, 0.25) is 0 Å². The molecule has 1 aromatic carbocycles. The Morgan fingerprint density at radius 3 is 2.25 bits per heavy atom. The predicted molar refractivity (Wildman–Crippen MR) is 69.3 cm³/mol. The van der Waals surface area contributed by atoms with Gasteiger partial charge in [-0.05, 0) is 18.1 Å². The second-order valence-corrected chi connectivity index (χ2v) is 4.59. The maximum Gasteiger partial charge on any atom is 0.320 e. The molecule has 0 heterocycles. The van der Waals surface area contributed by atoms with Gasteiger partial charge in [0.1, 0.15) is 23.4 Å². The van der Waals surface area contributed by atoms with Crippen LogP contribution in [0.3, 0.4) is 0 Å². The van der Waals surface area contributed by atoms with Crippen molar-refractivity contribution in [2.24, 2.45) is 5.92 Å². The third-order valence-corrected chi connectivity index (χ3v) is 2.64. The van der Waals surface area contributed by atoms with E-state index in [1.54, 1.807) is 13.8 Å². The van der Waals surface area contributed by atoms with Crippen LogP contribution in [0.4, 0.5) is 14.5 Å². The minimum atomic E-state index is -1.09. The topological polar surface area (TPSA) is 78.4 Å². The van der Waals surface area contributed by atoms with Crippen LogP contribution >= 0.6 is 0 Å². The average molecular weight is 286 g/mol. The maximum atomic E-state index is 13.3. The Labute approximate surface area is 115 Å². The number of hydrogen-bond donors (Lipinski definition) is 3. The van der Waals surface area contributed by atoms with Crippen molar-refractivity contribution in [1.29, 1.82) is 0 Å². The summed E-state index contributed by atoms with van der Waals surface area (Å²) in [5, 5.41) is 13.5. The Morgan fingerprint density at radius 2 is 1.80 bits per heavy atom. The molecular weight excluding hydrogens is 270 g/mol. The molecule has 20 heavy (non-hydrogen) atoms. The zero-order chi connectivity index (χ0) is 15.3. The maximum absolute atomic E-state index is 13.3. The van der Waals surface area contributed by atoms with Crippen LogP contribution in [0.5, 0.6) is 0 Å². The van der Waals surface area contributed by atoms with Crippen LogP contribution in [0.1, 0.15) is 13.8 Å². The van der Waals surface area contributed by atoms with E-state index in [4.69, 9.17) is 5.11 Å². The SMILES string of the molecule is CC(C)C(NCC(=O)Nc1c(F)cccc1F)C(=O)O. The van der Waals surface area contributed by atoms with Crippen LogP contribution in [0, 0.1) is 17.6 Å². The van der Waals surface area contributed by atoms with Crippen molar-refractivity contribution in [2.45, 2.75) is 19.9 Å². The van der Waals surface area contributed by atoms with Gasteiger partial charge >= 0.3 is 5.97 Å². The van der Waals surface area contributed by atoms with Crippen molar-refractivity contribution in [3.63, 3.8) is 0 Å². The summed E-state index contributed by atoms with van der Waals surface area (Å²) in [6.07, 6.45) is 0. The van der Waals surface area contributed by atoms with E-state index in [1.807, 2.05) is 0 Å². The minimum Gasteiger partial charge on any atom is -0.480 e. The van der Waals surface area contributed by atoms with Gasteiger partial charge in [-0.15, -0.1) is 0 Å². The largest absolute Gasteiger partial charge is 0.480 e. The Hall–Kier alpha value is -2.02. The summed E-state index contributed by atoms with van der Waals surface area (Å²) in [6, 6.07) is 2.30. The molecule has 3 N–H and O–H groups in total. The zero-order valence-electron chi connectivity index (χ0n) is 11.1. The molecule has 0 radical (unpaired) electrons. The summed E-state index contributed by atoms with van der Waals surface area (Å²) in [5.74, 6) is -3.83. The molecule has 0 saturated heterocycles. The number of para-hydroxylation sites is 1. The number of rotatable bonds is 6. The lowest BCUT2D eigenvalue weighted by Crippen LogP contribution is -2.44. The van der Waals surface area contributed by atoms with Gasteiger partial charge in [0.05, 0.1) is 6.54 Å². The lowest BCUT2D eigenvalue weighted by molar-refractivity contribution is -0.140. The summed E-state index contributed by atoms with van der Waals surface area (Å²) < 4.78 is 26.6. The van der Waals surface area contributed by atoms with E-state index in [2.05, 4.69) is 10.6 Å². The van der Waals surface area contributed by atoms with Gasteiger partial charge in [-0.1, -0.05) is 19.9 Å². The number of carboxylic acid groups (broad SMARTS) is 1. The number of halogens is 2. The summed E-state index contributed by atoms with van der Waals surface area (Å²) in [7, 11) is 0. The molecule has 0 aromatic heterocycles. The highest BCUT2D eigenvalue weighted by molar-refractivity contribution is 5.92. The molecule has 0 saturated carbocycles. The third-order valence-electron chi connectivity index (χ3n) is 2.64. The number of benzene rings is 1. The number of carbonyl (C=O) groups is 2. The third kappa shape index (κ3) is 4.27. The van der Waals surface area contributed by atoms with Crippen molar-refractivity contribution in [3.05, 3.63) is 29.8 Å². The van der Waals surface area contributed by atoms with Crippen LogP contribution < -0.4 is 10.6 Å². The Bertz CT molecular complexity index is 486. The lowest BCUT2D eigenvalue weighted by atomic mass is 10.1. The van der Waals surface area contributed by atoms with E-state index in [0.717, 1.165) is 12.1 Å². The Kier molecular flexibility index (Phi) is 5.57. The molecule has 1 aromatic rings. The molecule has 1 rings (SSSR count). The van der Waals surface area contributed by atoms with Gasteiger partial charge in [0.25, 0.3) is 0 Å². The number of carbonyl (C=O) groups excluding carboxylic acids is 1. The number of nitrogens with one attached hydrogen (secondary N) is 2. The molecule has 0 fully saturated rings. The summed E-state index contributed by atoms with van der Waals surface area (Å²) in [4.78, 5) is 22.5. The highest BCUT2D eigenvalue weighted by Gasteiger charge is 2.22. The van der Waals surface area contributed by atoms with E-state index < -0.39 is 35.2 Å². The standard InChI is InChI=1S/C13H16F2N2O3/c1-7(2)11(13(19)20)16-6-10(18)17-12-8(14)4-3-5-9(12)15/h3-5,7,11,16H,6H2,1-2H3,(H,17,18)(H,19,20). The Morgan fingerprint density at radius 1 is 1.25 bits per heavy atom. The number of aliphatic carboxylic acids is 1. The molecule has 1 unspecified atom stereocenters. The van der Waals surface area contributed by atoms with Crippen molar-refractivity contribution >= 4 is 17.6 Å². The lowest BCUT2D eigenvalue weighted by Gasteiger charge is -2.17. The second-order valence-electron chi connectivity index (χ2n) is 4.59. The number of carboxylic acids is 1. The van der Waals surface area contributed by atoms with Gasteiger partial charge in [-0.25, -0.2) is 8.78 Å². The molecule has 5 nitrogen and oxygen atoms in total. The van der Waals surface area contributed by atoms with Crippen LogP contribution in [0.15, 0.2) is 18.2 Å². The van der Waals surface area contributed by atoms with E-state index in [1.165, 1.54) is 6.07 Å². The van der Waals surface area contributed by atoms with Crippen molar-refractivity contribution in [3.8, 4) is 0 Å². The smallest absolute Gasteiger partial charge is 0.320 e. The first-order valence-corrected chi connectivity index (χ1v) is 6.03. The zero-order valence-corrected chi connectivity index (χ0v) is 11.1. The molecule has 0 aliphatic carbocycles. The monoisotopic (exact) mass is 286 g/mol. The molecular formula is C13H16F2N2O3. The van der Waals surface area contributed by atoms with Gasteiger partial charge in [-0.2, -0.15) is 0 Å². The van der Waals surface area contributed by atoms with Gasteiger partial charge in [-0.3, -0.25) is 14.9 Å². The molecule has 0 aliphatic heterocycles. The van der Waals surface area contributed by atoms with E-state index in [-0.39, 0.29) is 12.5 Å². The molecule has 7 heteroatoms. The number of amides is 1. The first kappa shape index (κ1) is 16.0. The van der Waals surface area contributed by atoms with Gasteiger partial charge < -0.3 is 10.4 Å². The minimum absolute atomic E-state index is 0.231. The first-order chi connectivity index (χ1) is 9.32. The summed E-state index contributed by atoms with van der Waals surface area (Å²) in [6.45, 7) is 3.00. The fourth-order valence-corrected chi connectivity index (χ4v) is 1.61. The van der Waals surface area contributed by atoms with Crippen LogP contribution in [-0.2, 0) is 9.59 Å². The predicted octanol–water partition coefficient (Wildman–Crippen LogP) is 1.60. The Balaban J connectivity index is 2.62. The van der Waals surface area contributed by atoms with Crippen LogP contribution in [0.25, 0.3) is 0 Å². The van der Waals surface area contributed by atoms with E-state index in [9.17, 15) is 18.4 Å². The fraction of sp³-hybridized carbons (Fsp3) is 0.385. The van der Waals surface area contributed by atoms with Gasteiger partial charge in [0.2, 0.25) is 5.91 Å². The molecule has 1 amide bonds. The van der Waals surface area contributed by atoms with E-state index >= 15 is 0 Å². The molecule has 1 atom stereocenters. The average Bonchev–Trinajstić information content (AvgIpc) is 2.33. The van der Waals surface area contributed by atoms with Crippen molar-refractivity contribution in [2.75, 3.05) is 11.9 Å². The molecule has 110 valence electrons. The molecule has 0 spiro atoms. The first-order valence-electron chi connectivity index (χ1n) is 6.03. The number of anilines is 1. The van der Waals surface area contributed by atoms with Crippen molar-refractivity contribution < 1.29 is 23.5 Å². The molecule has 0 aliphatic rings. The van der Waals surface area contributed by atoms with Gasteiger partial charge in [0, 0.05) is 0 Å². The quantitative estimate of drug-likeness (QED) is 0.742. The highest BCUT2D eigenvalue weighted by Crippen LogP contribution is 2.17.